The summed E-state index contributed by atoms with van der Waals surface area (Å²) in [5, 5.41) is 59.4. The maximum atomic E-state index is 12.6. The van der Waals surface area contributed by atoms with Crippen LogP contribution in [0.5, 0.6) is 11.5 Å². The Hall–Kier alpha value is -7.02. The molecule has 0 bridgehead atoms. The van der Waals surface area contributed by atoms with E-state index in [-0.39, 0.29) is 11.1 Å². The van der Waals surface area contributed by atoms with E-state index in [1.54, 1.807) is 36.4 Å². The van der Waals surface area contributed by atoms with Gasteiger partial charge < -0.3 is 9.47 Å². The quantitative estimate of drug-likeness (QED) is 0.353. The molecule has 0 aromatic carbocycles. The molecule has 2 heterocycles. The smallest absolute Gasteiger partial charge is 0.402 e. The fraction of sp³-hybridized carbons (Fsp3) is 0.0769. The predicted molar refractivity (Wildman–Crippen MR) is 126 cm³/mol. The van der Waals surface area contributed by atoms with Crippen molar-refractivity contribution in [2.24, 2.45) is 0 Å². The summed E-state index contributed by atoms with van der Waals surface area (Å²) in [6, 6.07) is 9.81. The topological polar surface area (TPSA) is 213 Å². The zero-order valence-electron chi connectivity index (χ0n) is 20.9. The second kappa shape index (κ2) is 11.1. The predicted octanol–water partition coefficient (Wildman–Crippen LogP) is 4.33. The van der Waals surface area contributed by atoms with E-state index < -0.39 is 80.5 Å². The second-order valence-corrected chi connectivity index (χ2v) is 8.00. The molecule has 2 aromatic rings. The van der Waals surface area contributed by atoms with Gasteiger partial charge in [0, 0.05) is 33.4 Å². The third-order valence-electron chi connectivity index (χ3n) is 5.59. The van der Waals surface area contributed by atoms with Crippen LogP contribution in [0.2, 0.25) is 0 Å². The summed E-state index contributed by atoms with van der Waals surface area (Å²) in [6.45, 7) is 0. The van der Waals surface area contributed by atoms with Crippen LogP contribution in [0.3, 0.4) is 0 Å². The van der Waals surface area contributed by atoms with Crippen LogP contribution in [0.25, 0.3) is 11.1 Å². The summed E-state index contributed by atoms with van der Waals surface area (Å²) in [7, 11) is 0. The van der Waals surface area contributed by atoms with Crippen molar-refractivity contribution in [1.29, 1.82) is 31.6 Å². The number of nitrogens with zero attached hydrogens (tertiary/aromatic N) is 10. The molecule has 0 aliphatic heterocycles. The Labute approximate surface area is 240 Å². The molecule has 18 heteroatoms. The van der Waals surface area contributed by atoms with Crippen LogP contribution in [0.15, 0.2) is 69.4 Å². The molecular weight excluding hydrogens is 598 g/mol. The van der Waals surface area contributed by atoms with Gasteiger partial charge >= 0.3 is 12.7 Å². The first-order valence-electron chi connectivity index (χ1n) is 11.1. The normalized spacial score (nSPS) is 14.1. The van der Waals surface area contributed by atoms with Crippen molar-refractivity contribution >= 4 is 11.1 Å². The molecule has 0 saturated heterocycles. The molecule has 0 atom stereocenters. The van der Waals surface area contributed by atoms with E-state index in [9.17, 15) is 57.9 Å². The molecule has 0 radical (unpaired) electrons. The lowest BCUT2D eigenvalue weighted by Gasteiger charge is -2.14. The van der Waals surface area contributed by atoms with E-state index in [4.69, 9.17) is 0 Å². The number of allylic oxidation sites excluding steroid dienone is 10. The summed E-state index contributed by atoms with van der Waals surface area (Å²) < 4.78 is 83.3. The molecule has 2 aliphatic rings. The number of alkyl halides is 6. The van der Waals surface area contributed by atoms with E-state index >= 15 is 0 Å². The minimum Gasteiger partial charge on any atom is -0.402 e. The molecule has 0 N–H and O–H groups in total. The Kier molecular flexibility index (Phi) is 7.56. The number of nitriles is 6. The molecule has 12 nitrogen and oxygen atoms in total. The zero-order chi connectivity index (χ0) is 32.4. The van der Waals surface area contributed by atoms with Gasteiger partial charge in [0.15, 0.2) is 23.1 Å². The number of hydrogen-bond donors (Lipinski definition) is 0. The van der Waals surface area contributed by atoms with Gasteiger partial charge in [0.05, 0.1) is 35.9 Å². The molecule has 0 fully saturated rings. The van der Waals surface area contributed by atoms with Crippen LogP contribution >= 0.6 is 0 Å². The second-order valence-electron chi connectivity index (χ2n) is 8.00. The van der Waals surface area contributed by atoms with Gasteiger partial charge in [0.1, 0.15) is 47.6 Å². The molecule has 212 valence electrons. The lowest BCUT2D eigenvalue weighted by atomic mass is 9.89. The van der Waals surface area contributed by atoms with Gasteiger partial charge in [-0.1, -0.05) is 0 Å². The Bertz CT molecular complexity index is 1850. The van der Waals surface area contributed by atoms with Crippen molar-refractivity contribution in [3.05, 3.63) is 81.0 Å². The van der Waals surface area contributed by atoms with E-state index in [2.05, 4.69) is 29.4 Å². The van der Waals surface area contributed by atoms with Crippen LogP contribution in [-0.4, -0.2) is 32.7 Å². The van der Waals surface area contributed by atoms with Crippen LogP contribution in [0, 0.1) is 68.0 Å². The summed E-state index contributed by atoms with van der Waals surface area (Å²) in [5.41, 5.74) is -4.96. The van der Waals surface area contributed by atoms with Crippen molar-refractivity contribution in [2.75, 3.05) is 0 Å². The van der Waals surface area contributed by atoms with Gasteiger partial charge in [-0.05, 0) is 0 Å². The van der Waals surface area contributed by atoms with Crippen molar-refractivity contribution in [3.63, 3.8) is 0 Å². The SMILES string of the molecule is N#CC(C#N)=C1C2=C(C(C#N)=C1c1ncc(OC(F)(F)F)cn1)C(=C(C#N)C#N)C(c1ncc(OC(F)(F)F)cn1)=C2C#N. The standard InChI is InChI=1S/C26H4F6N10O2/c27-25(28,29)43-13-7-39-23(40-8-13)21-16(6-38)20-18(12(3-35)4-36)22(15(5-37)19(20)17(21)11(1-33)2-34)24-41-9-14(10-42-24)44-26(30,31)32/h7-10H. The molecule has 0 spiro atoms. The molecule has 2 aliphatic carbocycles. The van der Waals surface area contributed by atoms with Gasteiger partial charge in [-0.3, -0.25) is 0 Å². The number of rotatable bonds is 4. The van der Waals surface area contributed by atoms with Gasteiger partial charge in [-0.15, -0.1) is 26.3 Å². The van der Waals surface area contributed by atoms with Crippen molar-refractivity contribution in [3.8, 4) is 47.9 Å². The minimum absolute atomic E-state index is 0.358. The maximum absolute atomic E-state index is 12.6. The maximum Gasteiger partial charge on any atom is 0.573 e. The third-order valence-corrected chi connectivity index (χ3v) is 5.59. The first-order valence-corrected chi connectivity index (χ1v) is 11.1. The fourth-order valence-electron chi connectivity index (χ4n) is 4.21. The van der Waals surface area contributed by atoms with E-state index in [1.807, 2.05) is 0 Å². The highest BCUT2D eigenvalue weighted by molar-refractivity contribution is 6.10. The zero-order valence-corrected chi connectivity index (χ0v) is 20.9. The van der Waals surface area contributed by atoms with E-state index in [1.165, 1.54) is 0 Å². The number of hydrogen-bond acceptors (Lipinski definition) is 12. The Balaban J connectivity index is 2.05. The highest BCUT2D eigenvalue weighted by Gasteiger charge is 2.45. The summed E-state index contributed by atoms with van der Waals surface area (Å²) in [4.78, 5) is 15.0. The first kappa shape index (κ1) is 30.0. The monoisotopic (exact) mass is 602 g/mol. The number of aromatic nitrogens is 4. The Morgan fingerprint density at radius 1 is 0.523 bits per heavy atom. The lowest BCUT2D eigenvalue weighted by Crippen LogP contribution is -2.17. The summed E-state index contributed by atoms with van der Waals surface area (Å²) in [6.07, 6.45) is -7.90. The molecule has 0 amide bonds. The highest BCUT2D eigenvalue weighted by Crippen LogP contribution is 2.56. The van der Waals surface area contributed by atoms with Gasteiger partial charge in [-0.2, -0.15) is 31.6 Å². The highest BCUT2D eigenvalue weighted by atomic mass is 19.4. The third kappa shape index (κ3) is 5.34. The van der Waals surface area contributed by atoms with E-state index in [0.717, 1.165) is 0 Å². The average molecular weight is 602 g/mol. The van der Waals surface area contributed by atoms with Crippen LogP contribution in [0.1, 0.15) is 11.6 Å². The van der Waals surface area contributed by atoms with Crippen molar-refractivity contribution in [2.45, 2.75) is 12.7 Å². The molecule has 0 unspecified atom stereocenters. The van der Waals surface area contributed by atoms with Crippen molar-refractivity contribution in [1.82, 2.24) is 19.9 Å². The van der Waals surface area contributed by atoms with Crippen LogP contribution in [0.4, 0.5) is 26.3 Å². The molecule has 4 rings (SSSR count). The lowest BCUT2D eigenvalue weighted by molar-refractivity contribution is -0.275. The Morgan fingerprint density at radius 2 is 0.818 bits per heavy atom. The average Bonchev–Trinajstić information content (AvgIpc) is 3.46. The number of halogens is 6. The molecule has 2 aromatic heterocycles. The van der Waals surface area contributed by atoms with Gasteiger partial charge in [0.25, 0.3) is 0 Å². The van der Waals surface area contributed by atoms with Gasteiger partial charge in [0.2, 0.25) is 0 Å². The summed E-state index contributed by atoms with van der Waals surface area (Å²) in [5.74, 6) is -2.75. The Morgan fingerprint density at radius 3 is 1.05 bits per heavy atom. The minimum atomic E-state index is -5.11. The molecule has 0 saturated carbocycles. The largest absolute Gasteiger partial charge is 0.573 e. The molecular formula is C26H4F6N10O2. The number of ether oxygens (including phenoxy) is 2. The van der Waals surface area contributed by atoms with Gasteiger partial charge in [-0.25, -0.2) is 19.9 Å². The van der Waals surface area contributed by atoms with Crippen LogP contribution in [-0.2, 0) is 0 Å². The van der Waals surface area contributed by atoms with Crippen LogP contribution < -0.4 is 9.47 Å². The first-order chi connectivity index (χ1) is 20.8. The molecule has 44 heavy (non-hydrogen) atoms. The fourth-order valence-corrected chi connectivity index (χ4v) is 4.21. The van der Waals surface area contributed by atoms with Crippen molar-refractivity contribution < 1.29 is 35.8 Å². The summed E-state index contributed by atoms with van der Waals surface area (Å²) >= 11 is 0. The van der Waals surface area contributed by atoms with E-state index in [0.29, 0.717) is 24.8 Å².